The van der Waals surface area contributed by atoms with E-state index in [1.807, 2.05) is 32.2 Å². The number of hydrogen-bond acceptors (Lipinski definition) is 5. The zero-order valence-electron chi connectivity index (χ0n) is 14.5. The van der Waals surface area contributed by atoms with Crippen molar-refractivity contribution in [2.24, 2.45) is 0 Å². The molecule has 2 rings (SSSR count). The van der Waals surface area contributed by atoms with Gasteiger partial charge in [-0.05, 0) is 58.0 Å². The fourth-order valence-electron chi connectivity index (χ4n) is 3.02. The summed E-state index contributed by atoms with van der Waals surface area (Å²) < 4.78 is 5.35. The zero-order chi connectivity index (χ0) is 16.7. The first kappa shape index (κ1) is 17.6. The smallest absolute Gasteiger partial charge is 0.154 e. The van der Waals surface area contributed by atoms with Crippen LogP contribution in [0.1, 0.15) is 32.6 Å². The van der Waals surface area contributed by atoms with Gasteiger partial charge in [0.1, 0.15) is 5.75 Å². The number of methoxy groups -OCH3 is 1. The first-order valence-electron chi connectivity index (χ1n) is 8.51. The number of rotatable bonds is 9. The van der Waals surface area contributed by atoms with Crippen molar-refractivity contribution in [2.45, 2.75) is 38.6 Å². The third-order valence-corrected chi connectivity index (χ3v) is 4.43. The first-order valence-corrected chi connectivity index (χ1v) is 8.51. The average molecular weight is 319 g/mol. The van der Waals surface area contributed by atoms with E-state index in [1.54, 1.807) is 7.11 Å². The molecule has 0 amide bonds. The monoisotopic (exact) mass is 319 g/mol. The minimum atomic E-state index is -0.182. The number of carbonyl (C=O) groups is 1. The number of ether oxygens (including phenoxy) is 1. The normalized spacial score (nSPS) is 16.1. The first-order chi connectivity index (χ1) is 11.1. The van der Waals surface area contributed by atoms with Crippen LogP contribution in [0.15, 0.2) is 18.2 Å². The average Bonchev–Trinajstić information content (AvgIpc) is 3.07. The Kier molecular flexibility index (Phi) is 6.71. The molecule has 1 heterocycles. The SMILES string of the molecule is CNc1ccc(N[C@@H](C)C(=O)CCCN2CCCC2)cc1OC. The lowest BCUT2D eigenvalue weighted by molar-refractivity contribution is -0.119. The van der Waals surface area contributed by atoms with Gasteiger partial charge in [-0.2, -0.15) is 0 Å². The Balaban J connectivity index is 1.80. The van der Waals surface area contributed by atoms with Gasteiger partial charge in [-0.1, -0.05) is 0 Å². The topological polar surface area (TPSA) is 53.6 Å². The summed E-state index contributed by atoms with van der Waals surface area (Å²) in [6, 6.07) is 5.65. The van der Waals surface area contributed by atoms with E-state index < -0.39 is 0 Å². The van der Waals surface area contributed by atoms with Crippen LogP contribution in [0.3, 0.4) is 0 Å². The molecule has 0 unspecified atom stereocenters. The summed E-state index contributed by atoms with van der Waals surface area (Å²) in [5.41, 5.74) is 1.84. The van der Waals surface area contributed by atoms with Gasteiger partial charge in [0.05, 0.1) is 18.8 Å². The van der Waals surface area contributed by atoms with Crippen LogP contribution in [0.25, 0.3) is 0 Å². The van der Waals surface area contributed by atoms with E-state index in [2.05, 4.69) is 15.5 Å². The van der Waals surface area contributed by atoms with Gasteiger partial charge >= 0.3 is 0 Å². The number of ketones is 1. The lowest BCUT2D eigenvalue weighted by atomic mass is 10.1. The number of hydrogen-bond donors (Lipinski definition) is 2. The molecule has 0 bridgehead atoms. The minimum absolute atomic E-state index is 0.182. The van der Waals surface area contributed by atoms with Gasteiger partial charge in [0.2, 0.25) is 0 Å². The molecule has 1 saturated heterocycles. The van der Waals surface area contributed by atoms with E-state index in [1.165, 1.54) is 25.9 Å². The zero-order valence-corrected chi connectivity index (χ0v) is 14.5. The van der Waals surface area contributed by atoms with E-state index in [-0.39, 0.29) is 11.8 Å². The number of likely N-dealkylation sites (tertiary alicyclic amines) is 1. The summed E-state index contributed by atoms with van der Waals surface area (Å²) in [6.07, 6.45) is 4.19. The Bertz CT molecular complexity index is 513. The number of nitrogens with zero attached hydrogens (tertiary/aromatic N) is 1. The highest BCUT2D eigenvalue weighted by molar-refractivity contribution is 5.86. The fraction of sp³-hybridized carbons (Fsp3) is 0.611. The number of anilines is 2. The van der Waals surface area contributed by atoms with Gasteiger partial charge in [0, 0.05) is 25.2 Å². The van der Waals surface area contributed by atoms with Gasteiger partial charge in [-0.3, -0.25) is 4.79 Å². The Morgan fingerprint density at radius 1 is 1.35 bits per heavy atom. The molecular formula is C18H29N3O2. The summed E-state index contributed by atoms with van der Waals surface area (Å²) in [4.78, 5) is 14.7. The maximum Gasteiger partial charge on any atom is 0.154 e. The third kappa shape index (κ3) is 5.13. The lowest BCUT2D eigenvalue weighted by Crippen LogP contribution is -2.27. The molecule has 2 N–H and O–H groups in total. The molecule has 0 aromatic heterocycles. The molecular weight excluding hydrogens is 290 g/mol. The van der Waals surface area contributed by atoms with Crippen LogP contribution < -0.4 is 15.4 Å². The van der Waals surface area contributed by atoms with Crippen molar-refractivity contribution >= 4 is 17.2 Å². The summed E-state index contributed by atoms with van der Waals surface area (Å²) >= 11 is 0. The van der Waals surface area contributed by atoms with Crippen molar-refractivity contribution in [1.82, 2.24) is 4.90 Å². The van der Waals surface area contributed by atoms with Crippen molar-refractivity contribution in [1.29, 1.82) is 0 Å². The molecule has 0 saturated carbocycles. The maximum absolute atomic E-state index is 12.3. The van der Waals surface area contributed by atoms with Crippen LogP contribution in [0.5, 0.6) is 5.75 Å². The molecule has 1 aliphatic heterocycles. The van der Waals surface area contributed by atoms with Gasteiger partial charge < -0.3 is 20.3 Å². The highest BCUT2D eigenvalue weighted by atomic mass is 16.5. The van der Waals surface area contributed by atoms with E-state index in [4.69, 9.17) is 4.74 Å². The van der Waals surface area contributed by atoms with Crippen molar-refractivity contribution in [3.63, 3.8) is 0 Å². The molecule has 0 spiro atoms. The fourth-order valence-corrected chi connectivity index (χ4v) is 3.02. The molecule has 5 heteroatoms. The van der Waals surface area contributed by atoms with E-state index in [9.17, 15) is 4.79 Å². The summed E-state index contributed by atoms with van der Waals surface area (Å²) in [5.74, 6) is 1.03. The Morgan fingerprint density at radius 2 is 2.09 bits per heavy atom. The van der Waals surface area contributed by atoms with Crippen LogP contribution in [-0.2, 0) is 4.79 Å². The second-order valence-corrected chi connectivity index (χ2v) is 6.15. The number of Topliss-reactive ketones (excluding diaryl/α,β-unsaturated/α-hetero) is 1. The minimum Gasteiger partial charge on any atom is -0.495 e. The second kappa shape index (κ2) is 8.77. The van der Waals surface area contributed by atoms with Gasteiger partial charge in [0.25, 0.3) is 0 Å². The van der Waals surface area contributed by atoms with Crippen LogP contribution >= 0.6 is 0 Å². The highest BCUT2D eigenvalue weighted by Gasteiger charge is 2.15. The summed E-state index contributed by atoms with van der Waals surface area (Å²) in [7, 11) is 3.50. The molecule has 1 fully saturated rings. The van der Waals surface area contributed by atoms with E-state index >= 15 is 0 Å². The standard InChI is InChI=1S/C18H29N3O2/c1-14(17(22)7-6-12-21-10-4-5-11-21)20-15-8-9-16(19-2)18(13-15)23-3/h8-9,13-14,19-20H,4-7,10-12H2,1-3H3/t14-/m0/s1. The molecule has 1 aromatic rings. The maximum atomic E-state index is 12.3. The predicted octanol–water partition coefficient (Wildman–Crippen LogP) is 2.98. The van der Waals surface area contributed by atoms with E-state index in [0.717, 1.165) is 30.1 Å². The van der Waals surface area contributed by atoms with Crippen molar-refractivity contribution in [3.05, 3.63) is 18.2 Å². The Hall–Kier alpha value is -1.75. The summed E-state index contributed by atoms with van der Waals surface area (Å²) in [5, 5.41) is 6.36. The third-order valence-electron chi connectivity index (χ3n) is 4.43. The van der Waals surface area contributed by atoms with Crippen molar-refractivity contribution in [2.75, 3.05) is 44.4 Å². The van der Waals surface area contributed by atoms with E-state index in [0.29, 0.717) is 6.42 Å². The number of benzene rings is 1. The van der Waals surface area contributed by atoms with Crippen LogP contribution in [-0.4, -0.2) is 50.5 Å². The Morgan fingerprint density at radius 3 is 2.74 bits per heavy atom. The molecule has 1 aromatic carbocycles. The molecule has 128 valence electrons. The highest BCUT2D eigenvalue weighted by Crippen LogP contribution is 2.27. The van der Waals surface area contributed by atoms with Crippen LogP contribution in [0.2, 0.25) is 0 Å². The second-order valence-electron chi connectivity index (χ2n) is 6.15. The molecule has 0 radical (unpaired) electrons. The van der Waals surface area contributed by atoms with Crippen molar-refractivity contribution in [3.8, 4) is 5.75 Å². The van der Waals surface area contributed by atoms with Gasteiger partial charge in [-0.15, -0.1) is 0 Å². The summed E-state index contributed by atoms with van der Waals surface area (Å²) in [6.45, 7) is 5.36. The predicted molar refractivity (Wildman–Crippen MR) is 95.5 cm³/mol. The molecule has 1 aliphatic rings. The van der Waals surface area contributed by atoms with Crippen LogP contribution in [0.4, 0.5) is 11.4 Å². The quantitative estimate of drug-likeness (QED) is 0.733. The largest absolute Gasteiger partial charge is 0.495 e. The molecule has 5 nitrogen and oxygen atoms in total. The molecule has 1 atom stereocenters. The Labute approximate surface area is 139 Å². The van der Waals surface area contributed by atoms with Gasteiger partial charge in [0.15, 0.2) is 5.78 Å². The molecule has 23 heavy (non-hydrogen) atoms. The lowest BCUT2D eigenvalue weighted by Gasteiger charge is -2.17. The number of carbonyl (C=O) groups excluding carboxylic acids is 1. The van der Waals surface area contributed by atoms with Crippen LogP contribution in [0, 0.1) is 0 Å². The molecule has 0 aliphatic carbocycles. The van der Waals surface area contributed by atoms with Crippen molar-refractivity contribution < 1.29 is 9.53 Å². The number of nitrogens with one attached hydrogen (secondary N) is 2. The van der Waals surface area contributed by atoms with Gasteiger partial charge in [-0.25, -0.2) is 0 Å².